The van der Waals surface area contributed by atoms with Crippen LogP contribution in [0.4, 0.5) is 4.79 Å². The van der Waals surface area contributed by atoms with Gasteiger partial charge in [-0.2, -0.15) is 0 Å². The van der Waals surface area contributed by atoms with Crippen LogP contribution in [0.1, 0.15) is 24.8 Å². The number of carbonyl (C=O) groups excluding carboxylic acids is 1. The number of carbonyl (C=O) groups is 1. The number of piperazine rings is 1. The summed E-state index contributed by atoms with van der Waals surface area (Å²) in [6, 6.07) is 8.97. The van der Waals surface area contributed by atoms with Crippen molar-refractivity contribution in [1.29, 1.82) is 0 Å². The van der Waals surface area contributed by atoms with Crippen LogP contribution in [0.25, 0.3) is 0 Å². The standard InChI is InChI=1S/C18H25BrN4O2.HI/c1-3-25-18(24)23-10-8-22(9-11-23)17(20-2)21-16-12-15(16)13-4-6-14(19)7-5-13;/h4-7,15-16H,3,8-12H2,1-2H3,(H,20,21);1H. The van der Waals surface area contributed by atoms with Crippen LogP contribution >= 0.6 is 39.9 Å². The molecule has 2 aliphatic rings. The average Bonchev–Trinajstić information content (AvgIpc) is 3.40. The maximum Gasteiger partial charge on any atom is 0.409 e. The molecule has 1 aromatic rings. The fraction of sp³-hybridized carbons (Fsp3) is 0.556. The molecule has 1 aliphatic heterocycles. The number of halogens is 2. The molecule has 1 heterocycles. The molecule has 1 amide bonds. The zero-order chi connectivity index (χ0) is 17.8. The third-order valence-electron chi connectivity index (χ3n) is 4.72. The second-order valence-electron chi connectivity index (χ2n) is 6.36. The van der Waals surface area contributed by atoms with Gasteiger partial charge in [-0.3, -0.25) is 4.99 Å². The van der Waals surface area contributed by atoms with Crippen LogP contribution in [-0.4, -0.2) is 67.7 Å². The summed E-state index contributed by atoms with van der Waals surface area (Å²) in [5.74, 6) is 1.47. The van der Waals surface area contributed by atoms with E-state index in [4.69, 9.17) is 4.74 Å². The third-order valence-corrected chi connectivity index (χ3v) is 5.25. The highest BCUT2D eigenvalue weighted by molar-refractivity contribution is 14.0. The second kappa shape index (κ2) is 9.77. The van der Waals surface area contributed by atoms with Crippen LogP contribution in [0.5, 0.6) is 0 Å². The summed E-state index contributed by atoms with van der Waals surface area (Å²) in [7, 11) is 1.82. The molecule has 2 fully saturated rings. The van der Waals surface area contributed by atoms with Gasteiger partial charge < -0.3 is 19.9 Å². The molecule has 0 radical (unpaired) electrons. The summed E-state index contributed by atoms with van der Waals surface area (Å²) in [6.45, 7) is 5.13. The van der Waals surface area contributed by atoms with E-state index >= 15 is 0 Å². The van der Waals surface area contributed by atoms with Crippen molar-refractivity contribution in [2.75, 3.05) is 39.8 Å². The summed E-state index contributed by atoms with van der Waals surface area (Å²) in [6.07, 6.45) is 0.909. The second-order valence-corrected chi connectivity index (χ2v) is 7.28. The van der Waals surface area contributed by atoms with E-state index in [9.17, 15) is 4.79 Å². The normalized spacial score (nSPS) is 22.5. The summed E-state index contributed by atoms with van der Waals surface area (Å²) in [5.41, 5.74) is 1.36. The molecule has 6 nitrogen and oxygen atoms in total. The van der Waals surface area contributed by atoms with Gasteiger partial charge in [0.1, 0.15) is 0 Å². The van der Waals surface area contributed by atoms with Gasteiger partial charge >= 0.3 is 6.09 Å². The molecule has 8 heteroatoms. The smallest absolute Gasteiger partial charge is 0.409 e. The van der Waals surface area contributed by atoms with Crippen molar-refractivity contribution in [3.05, 3.63) is 34.3 Å². The minimum absolute atomic E-state index is 0. The lowest BCUT2D eigenvalue weighted by Gasteiger charge is -2.36. The van der Waals surface area contributed by atoms with Crippen molar-refractivity contribution >= 4 is 52.0 Å². The molecule has 1 saturated carbocycles. The van der Waals surface area contributed by atoms with Gasteiger partial charge in [-0.15, -0.1) is 24.0 Å². The average molecular weight is 537 g/mol. The van der Waals surface area contributed by atoms with E-state index in [1.54, 1.807) is 4.90 Å². The van der Waals surface area contributed by atoms with Gasteiger partial charge in [0.2, 0.25) is 0 Å². The quantitative estimate of drug-likeness (QED) is 0.366. The lowest BCUT2D eigenvalue weighted by molar-refractivity contribution is 0.0914. The Labute approximate surface area is 180 Å². The van der Waals surface area contributed by atoms with E-state index in [1.165, 1.54) is 5.56 Å². The first-order chi connectivity index (χ1) is 12.1. The van der Waals surface area contributed by atoms with Gasteiger partial charge in [0, 0.05) is 49.7 Å². The van der Waals surface area contributed by atoms with Crippen LogP contribution in [0, 0.1) is 0 Å². The lowest BCUT2D eigenvalue weighted by Crippen LogP contribution is -2.54. The van der Waals surface area contributed by atoms with Gasteiger partial charge in [-0.25, -0.2) is 4.79 Å². The number of guanidine groups is 1. The Kier molecular flexibility index (Phi) is 8.00. The van der Waals surface area contributed by atoms with Crippen molar-refractivity contribution in [2.24, 2.45) is 4.99 Å². The first-order valence-electron chi connectivity index (χ1n) is 8.77. The zero-order valence-corrected chi connectivity index (χ0v) is 19.1. The van der Waals surface area contributed by atoms with Gasteiger partial charge in [-0.1, -0.05) is 28.1 Å². The molecule has 3 rings (SSSR count). The zero-order valence-electron chi connectivity index (χ0n) is 15.2. The number of amides is 1. The van der Waals surface area contributed by atoms with Gasteiger partial charge in [0.25, 0.3) is 0 Å². The summed E-state index contributed by atoms with van der Waals surface area (Å²) in [4.78, 5) is 20.2. The largest absolute Gasteiger partial charge is 0.450 e. The van der Waals surface area contributed by atoms with Crippen molar-refractivity contribution < 1.29 is 9.53 Å². The number of aliphatic imine (C=N–C) groups is 1. The molecule has 2 unspecified atom stereocenters. The Morgan fingerprint density at radius 1 is 1.23 bits per heavy atom. The highest BCUT2D eigenvalue weighted by Crippen LogP contribution is 2.41. The SMILES string of the molecule is CCOC(=O)N1CCN(C(=NC)NC2CC2c2ccc(Br)cc2)CC1.I. The molecule has 0 spiro atoms. The van der Waals surface area contributed by atoms with Gasteiger partial charge in [-0.05, 0) is 31.0 Å². The molecule has 1 aliphatic carbocycles. The Morgan fingerprint density at radius 2 is 1.85 bits per heavy atom. The van der Waals surface area contributed by atoms with E-state index in [0.29, 0.717) is 31.7 Å². The third kappa shape index (κ3) is 5.25. The Bertz CT molecular complexity index is 633. The maximum absolute atomic E-state index is 11.8. The van der Waals surface area contributed by atoms with E-state index in [1.807, 2.05) is 14.0 Å². The molecule has 26 heavy (non-hydrogen) atoms. The first-order valence-corrected chi connectivity index (χ1v) is 9.57. The van der Waals surface area contributed by atoms with Crippen molar-refractivity contribution in [1.82, 2.24) is 15.1 Å². The van der Waals surface area contributed by atoms with E-state index in [0.717, 1.165) is 29.9 Å². The molecular formula is C18H26BrIN4O2. The van der Waals surface area contributed by atoms with Crippen molar-refractivity contribution in [3.63, 3.8) is 0 Å². The summed E-state index contributed by atoms with van der Waals surface area (Å²) < 4.78 is 6.18. The van der Waals surface area contributed by atoms with E-state index in [-0.39, 0.29) is 30.1 Å². The van der Waals surface area contributed by atoms with Crippen LogP contribution < -0.4 is 5.32 Å². The summed E-state index contributed by atoms with van der Waals surface area (Å²) >= 11 is 3.48. The van der Waals surface area contributed by atoms with E-state index < -0.39 is 0 Å². The van der Waals surface area contributed by atoms with Gasteiger partial charge in [0.05, 0.1) is 6.61 Å². The number of ether oxygens (including phenoxy) is 1. The molecule has 0 aromatic heterocycles. The molecule has 1 saturated heterocycles. The topological polar surface area (TPSA) is 57.2 Å². The first kappa shape index (κ1) is 21.3. The Balaban J connectivity index is 0.00000243. The highest BCUT2D eigenvalue weighted by atomic mass is 127. The molecule has 2 atom stereocenters. The number of nitrogens with one attached hydrogen (secondary N) is 1. The molecule has 1 aromatic carbocycles. The van der Waals surface area contributed by atoms with Crippen LogP contribution in [0.2, 0.25) is 0 Å². The van der Waals surface area contributed by atoms with Crippen molar-refractivity contribution in [3.8, 4) is 0 Å². The highest BCUT2D eigenvalue weighted by Gasteiger charge is 2.39. The molecular weight excluding hydrogens is 511 g/mol. The monoisotopic (exact) mass is 536 g/mol. The predicted molar refractivity (Wildman–Crippen MR) is 117 cm³/mol. The van der Waals surface area contributed by atoms with Gasteiger partial charge in [0.15, 0.2) is 5.96 Å². The number of rotatable bonds is 3. The van der Waals surface area contributed by atoms with Crippen LogP contribution in [0.15, 0.2) is 33.7 Å². The molecule has 1 N–H and O–H groups in total. The Morgan fingerprint density at radius 3 is 2.42 bits per heavy atom. The number of hydrogen-bond acceptors (Lipinski definition) is 3. The van der Waals surface area contributed by atoms with Crippen LogP contribution in [0.3, 0.4) is 0 Å². The Hall–Kier alpha value is -1.03. The number of hydrogen-bond donors (Lipinski definition) is 1. The fourth-order valence-corrected chi connectivity index (χ4v) is 3.48. The maximum atomic E-state index is 11.8. The van der Waals surface area contributed by atoms with Crippen molar-refractivity contribution in [2.45, 2.75) is 25.3 Å². The lowest BCUT2D eigenvalue weighted by atomic mass is 10.1. The van der Waals surface area contributed by atoms with Crippen LogP contribution in [-0.2, 0) is 4.74 Å². The molecule has 144 valence electrons. The predicted octanol–water partition coefficient (Wildman–Crippen LogP) is 3.27. The number of benzene rings is 1. The number of nitrogens with zero attached hydrogens (tertiary/aromatic N) is 3. The summed E-state index contributed by atoms with van der Waals surface area (Å²) in [5, 5.41) is 3.57. The molecule has 0 bridgehead atoms. The van der Waals surface area contributed by atoms with E-state index in [2.05, 4.69) is 55.4 Å². The minimum Gasteiger partial charge on any atom is -0.450 e. The fourth-order valence-electron chi connectivity index (χ4n) is 3.21. The minimum atomic E-state index is -0.220.